The van der Waals surface area contributed by atoms with E-state index in [9.17, 15) is 4.79 Å². The van der Waals surface area contributed by atoms with E-state index >= 15 is 0 Å². The normalized spacial score (nSPS) is 15.4. The fraction of sp³-hybridized carbons (Fsp3) is 0.364. The standard InChI is InChI=1S/C22H25N5O2/c1-4-20-26-21(27-29-20)15-8-10-16-14(12-15)9-11-18(16)24-22(28)25-19-7-5-6-17(23-19)13(2)3/h5-8,10,12-13,18H,4,9,11H2,1-3H3,(H2,23,24,25,28)/t18-/m1/s1. The summed E-state index contributed by atoms with van der Waals surface area (Å²) in [5, 5.41) is 9.96. The molecule has 0 radical (unpaired) electrons. The van der Waals surface area contributed by atoms with Crippen molar-refractivity contribution in [2.75, 3.05) is 5.32 Å². The minimum atomic E-state index is -0.244. The van der Waals surface area contributed by atoms with Gasteiger partial charge in [-0.25, -0.2) is 9.78 Å². The fourth-order valence-electron chi connectivity index (χ4n) is 3.58. The van der Waals surface area contributed by atoms with Crippen molar-refractivity contribution in [3.63, 3.8) is 0 Å². The van der Waals surface area contributed by atoms with Gasteiger partial charge in [0.25, 0.3) is 0 Å². The number of hydrogen-bond donors (Lipinski definition) is 2. The second-order valence-electron chi connectivity index (χ2n) is 7.57. The van der Waals surface area contributed by atoms with Gasteiger partial charge in [-0.2, -0.15) is 4.98 Å². The van der Waals surface area contributed by atoms with E-state index in [-0.39, 0.29) is 12.1 Å². The molecule has 4 rings (SSSR count). The molecular weight excluding hydrogens is 366 g/mol. The van der Waals surface area contributed by atoms with Crippen LogP contribution in [0.25, 0.3) is 11.4 Å². The number of carbonyl (C=O) groups excluding carboxylic acids is 1. The summed E-state index contributed by atoms with van der Waals surface area (Å²) >= 11 is 0. The van der Waals surface area contributed by atoms with Crippen LogP contribution in [-0.4, -0.2) is 21.2 Å². The highest BCUT2D eigenvalue weighted by Crippen LogP contribution is 2.33. The number of aryl methyl sites for hydroxylation is 2. The molecular formula is C22H25N5O2. The molecule has 1 atom stereocenters. The Balaban J connectivity index is 1.44. The smallest absolute Gasteiger partial charge is 0.320 e. The highest BCUT2D eigenvalue weighted by molar-refractivity contribution is 5.88. The zero-order valence-electron chi connectivity index (χ0n) is 16.9. The number of benzene rings is 1. The Hall–Kier alpha value is -3.22. The second-order valence-corrected chi connectivity index (χ2v) is 7.57. The maximum Gasteiger partial charge on any atom is 0.320 e. The van der Waals surface area contributed by atoms with Gasteiger partial charge in [0.1, 0.15) is 5.82 Å². The number of nitrogens with one attached hydrogen (secondary N) is 2. The Kier molecular flexibility index (Phi) is 5.29. The van der Waals surface area contributed by atoms with Crippen LogP contribution in [0.1, 0.15) is 61.9 Å². The van der Waals surface area contributed by atoms with Gasteiger partial charge in [0.05, 0.1) is 6.04 Å². The average Bonchev–Trinajstić information content (AvgIpc) is 3.35. The number of nitrogens with zero attached hydrogens (tertiary/aromatic N) is 3. The predicted molar refractivity (Wildman–Crippen MR) is 111 cm³/mol. The van der Waals surface area contributed by atoms with Crippen LogP contribution in [0.2, 0.25) is 0 Å². The van der Waals surface area contributed by atoms with E-state index in [0.29, 0.717) is 29.9 Å². The Labute approximate surface area is 169 Å². The highest BCUT2D eigenvalue weighted by atomic mass is 16.5. The van der Waals surface area contributed by atoms with Gasteiger partial charge in [-0.05, 0) is 48.1 Å². The van der Waals surface area contributed by atoms with Gasteiger partial charge in [-0.3, -0.25) is 5.32 Å². The highest BCUT2D eigenvalue weighted by Gasteiger charge is 2.25. The third kappa shape index (κ3) is 4.13. The molecule has 1 aliphatic rings. The van der Waals surface area contributed by atoms with E-state index in [2.05, 4.69) is 45.7 Å². The van der Waals surface area contributed by atoms with Crippen molar-refractivity contribution in [3.8, 4) is 11.4 Å². The molecule has 2 N–H and O–H groups in total. The Morgan fingerprint density at radius 3 is 2.86 bits per heavy atom. The summed E-state index contributed by atoms with van der Waals surface area (Å²) in [6.07, 6.45) is 2.47. The van der Waals surface area contributed by atoms with Crippen molar-refractivity contribution in [1.29, 1.82) is 0 Å². The van der Waals surface area contributed by atoms with Crippen molar-refractivity contribution in [1.82, 2.24) is 20.4 Å². The van der Waals surface area contributed by atoms with E-state index in [0.717, 1.165) is 29.7 Å². The monoisotopic (exact) mass is 391 g/mol. The van der Waals surface area contributed by atoms with Gasteiger partial charge in [0, 0.05) is 17.7 Å². The van der Waals surface area contributed by atoms with Crippen LogP contribution in [0.15, 0.2) is 40.9 Å². The lowest BCUT2D eigenvalue weighted by Crippen LogP contribution is -2.31. The molecule has 0 bridgehead atoms. The van der Waals surface area contributed by atoms with Crippen LogP contribution in [-0.2, 0) is 12.8 Å². The van der Waals surface area contributed by atoms with Crippen molar-refractivity contribution < 1.29 is 9.32 Å². The number of amides is 2. The van der Waals surface area contributed by atoms with Crippen molar-refractivity contribution in [2.24, 2.45) is 0 Å². The lowest BCUT2D eigenvalue weighted by Gasteiger charge is -2.15. The lowest BCUT2D eigenvalue weighted by atomic mass is 10.0. The first-order chi connectivity index (χ1) is 14.0. The first kappa shape index (κ1) is 19.1. The second kappa shape index (κ2) is 8.03. The maximum absolute atomic E-state index is 12.5. The molecule has 0 saturated carbocycles. The fourth-order valence-corrected chi connectivity index (χ4v) is 3.58. The zero-order chi connectivity index (χ0) is 20.4. The van der Waals surface area contributed by atoms with Crippen LogP contribution >= 0.6 is 0 Å². The summed E-state index contributed by atoms with van der Waals surface area (Å²) in [6.45, 7) is 6.14. The molecule has 3 aromatic rings. The Bertz CT molecular complexity index is 1030. The summed E-state index contributed by atoms with van der Waals surface area (Å²) in [5.41, 5.74) is 4.23. The molecule has 1 aromatic carbocycles. The molecule has 150 valence electrons. The van der Waals surface area contributed by atoms with E-state index in [4.69, 9.17) is 4.52 Å². The molecule has 29 heavy (non-hydrogen) atoms. The Morgan fingerprint density at radius 2 is 2.10 bits per heavy atom. The van der Waals surface area contributed by atoms with Crippen molar-refractivity contribution in [2.45, 2.75) is 52.0 Å². The zero-order valence-corrected chi connectivity index (χ0v) is 16.9. The van der Waals surface area contributed by atoms with Gasteiger partial charge in [0.15, 0.2) is 0 Å². The van der Waals surface area contributed by atoms with Gasteiger partial charge >= 0.3 is 6.03 Å². The van der Waals surface area contributed by atoms with E-state index in [1.54, 1.807) is 6.07 Å². The molecule has 2 amide bonds. The largest absolute Gasteiger partial charge is 0.339 e. The molecule has 0 aliphatic heterocycles. The molecule has 0 unspecified atom stereocenters. The predicted octanol–water partition coefficient (Wildman–Crippen LogP) is 4.63. The molecule has 1 aliphatic carbocycles. The topological polar surface area (TPSA) is 92.9 Å². The summed E-state index contributed by atoms with van der Waals surface area (Å²) < 4.78 is 5.21. The number of hydrogen-bond acceptors (Lipinski definition) is 5. The van der Waals surface area contributed by atoms with Crippen molar-refractivity contribution >= 4 is 11.8 Å². The van der Waals surface area contributed by atoms with E-state index < -0.39 is 0 Å². The first-order valence-corrected chi connectivity index (χ1v) is 10.0. The molecule has 2 heterocycles. The van der Waals surface area contributed by atoms with Crippen LogP contribution in [0.5, 0.6) is 0 Å². The van der Waals surface area contributed by atoms with Crippen molar-refractivity contribution in [3.05, 3.63) is 59.1 Å². The van der Waals surface area contributed by atoms with Gasteiger partial charge in [-0.15, -0.1) is 0 Å². The van der Waals surface area contributed by atoms with Crippen LogP contribution in [0.4, 0.5) is 10.6 Å². The number of anilines is 1. The third-order valence-electron chi connectivity index (χ3n) is 5.16. The third-order valence-corrected chi connectivity index (χ3v) is 5.16. The number of urea groups is 1. The molecule has 0 saturated heterocycles. The van der Waals surface area contributed by atoms with E-state index in [1.165, 1.54) is 5.56 Å². The number of aromatic nitrogens is 3. The van der Waals surface area contributed by atoms with Gasteiger partial charge < -0.3 is 9.84 Å². The van der Waals surface area contributed by atoms with Crippen LogP contribution < -0.4 is 10.6 Å². The average molecular weight is 391 g/mol. The quantitative estimate of drug-likeness (QED) is 0.662. The number of carbonyl (C=O) groups is 1. The number of rotatable bonds is 5. The maximum atomic E-state index is 12.5. The molecule has 0 fully saturated rings. The minimum Gasteiger partial charge on any atom is -0.339 e. The molecule has 7 nitrogen and oxygen atoms in total. The van der Waals surface area contributed by atoms with Gasteiger partial charge in [0.2, 0.25) is 11.7 Å². The van der Waals surface area contributed by atoms with Gasteiger partial charge in [-0.1, -0.05) is 44.1 Å². The lowest BCUT2D eigenvalue weighted by molar-refractivity contribution is 0.248. The molecule has 2 aromatic heterocycles. The summed E-state index contributed by atoms with van der Waals surface area (Å²) in [7, 11) is 0. The van der Waals surface area contributed by atoms with Crippen LogP contribution in [0.3, 0.4) is 0 Å². The first-order valence-electron chi connectivity index (χ1n) is 10.0. The Morgan fingerprint density at radius 1 is 1.24 bits per heavy atom. The summed E-state index contributed by atoms with van der Waals surface area (Å²) in [6, 6.07) is 11.5. The SMILES string of the molecule is CCc1nc(-c2ccc3c(c2)CC[C@H]3NC(=O)Nc2cccc(C(C)C)n2)no1. The summed E-state index contributed by atoms with van der Waals surface area (Å²) in [5.74, 6) is 2.11. The molecule has 7 heteroatoms. The number of pyridine rings is 1. The molecule has 0 spiro atoms. The summed E-state index contributed by atoms with van der Waals surface area (Å²) in [4.78, 5) is 21.4. The van der Waals surface area contributed by atoms with E-state index in [1.807, 2.05) is 31.2 Å². The van der Waals surface area contributed by atoms with Crippen LogP contribution in [0, 0.1) is 0 Å². The minimum absolute atomic E-state index is 0.0243. The number of fused-ring (bicyclic) bond motifs is 1.